The number of aliphatic carboxylic acids is 1. The highest BCUT2D eigenvalue weighted by atomic mass is 16.5. The summed E-state index contributed by atoms with van der Waals surface area (Å²) in [5.41, 5.74) is 2.73. The highest BCUT2D eigenvalue weighted by molar-refractivity contribution is 5.97. The summed E-state index contributed by atoms with van der Waals surface area (Å²) in [5, 5.41) is 12.5. The Morgan fingerprint density at radius 2 is 2.24 bits per heavy atom. The molecule has 1 unspecified atom stereocenters. The summed E-state index contributed by atoms with van der Waals surface area (Å²) in [6.45, 7) is 1.69. The molecule has 1 atom stereocenters. The number of carbonyl (C=O) groups excluding carboxylic acids is 1. The zero-order chi connectivity index (χ0) is 14.8. The maximum Gasteiger partial charge on any atom is 0.328 e. The molecule has 1 aromatic carbocycles. The largest absolute Gasteiger partial charge is 0.480 e. The zero-order valence-corrected chi connectivity index (χ0v) is 11.7. The number of amides is 1. The monoisotopic (exact) mass is 290 g/mol. The number of morpholine rings is 1. The number of rotatable bonds is 2. The predicted molar refractivity (Wildman–Crippen MR) is 76.5 cm³/mol. The van der Waals surface area contributed by atoms with Crippen molar-refractivity contribution in [3.63, 3.8) is 0 Å². The van der Waals surface area contributed by atoms with Crippen molar-refractivity contribution >= 4 is 17.6 Å². The minimum atomic E-state index is -1.03. The van der Waals surface area contributed by atoms with E-state index in [1.807, 2.05) is 12.1 Å². The second-order valence-electron chi connectivity index (χ2n) is 5.33. The minimum Gasteiger partial charge on any atom is -0.480 e. The molecule has 0 saturated carbocycles. The second-order valence-corrected chi connectivity index (χ2v) is 5.33. The fourth-order valence-electron chi connectivity index (χ4n) is 2.83. The maximum absolute atomic E-state index is 12.6. The third kappa shape index (κ3) is 2.71. The molecule has 21 heavy (non-hydrogen) atoms. The van der Waals surface area contributed by atoms with Gasteiger partial charge in [-0.05, 0) is 36.6 Å². The third-order valence-corrected chi connectivity index (χ3v) is 3.96. The number of carboxylic acids is 1. The molecular weight excluding hydrogens is 272 g/mol. The summed E-state index contributed by atoms with van der Waals surface area (Å²) in [7, 11) is 0. The smallest absolute Gasteiger partial charge is 0.328 e. The first-order chi connectivity index (χ1) is 10.2. The van der Waals surface area contributed by atoms with E-state index < -0.39 is 12.0 Å². The van der Waals surface area contributed by atoms with Crippen molar-refractivity contribution in [3.05, 3.63) is 29.3 Å². The number of ether oxygens (including phenoxy) is 1. The molecule has 2 aliphatic heterocycles. The summed E-state index contributed by atoms with van der Waals surface area (Å²) >= 11 is 0. The number of nitrogens with zero attached hydrogens (tertiary/aromatic N) is 1. The van der Waals surface area contributed by atoms with E-state index in [-0.39, 0.29) is 12.5 Å². The molecule has 1 saturated heterocycles. The zero-order valence-electron chi connectivity index (χ0n) is 11.7. The Labute approximate surface area is 122 Å². The van der Waals surface area contributed by atoms with Gasteiger partial charge >= 0.3 is 5.97 Å². The van der Waals surface area contributed by atoms with Crippen LogP contribution in [0.2, 0.25) is 0 Å². The molecule has 2 aliphatic rings. The molecule has 6 heteroatoms. The quantitative estimate of drug-likeness (QED) is 0.848. The number of nitrogens with one attached hydrogen (secondary N) is 1. The van der Waals surface area contributed by atoms with Crippen molar-refractivity contribution in [1.82, 2.24) is 4.90 Å². The average molecular weight is 290 g/mol. The number of benzene rings is 1. The van der Waals surface area contributed by atoms with Crippen LogP contribution < -0.4 is 5.32 Å². The molecule has 1 aromatic rings. The SMILES string of the molecule is O=C(O)C1COCCN1C(=O)c1ccc2c(c1)CCCN2. The predicted octanol–water partition coefficient (Wildman–Crippen LogP) is 0.970. The van der Waals surface area contributed by atoms with Gasteiger partial charge in [0.1, 0.15) is 0 Å². The number of hydrogen-bond donors (Lipinski definition) is 2. The summed E-state index contributed by atoms with van der Waals surface area (Å²) in [6.07, 6.45) is 1.98. The molecule has 1 fully saturated rings. The van der Waals surface area contributed by atoms with Crippen LogP contribution in [0.1, 0.15) is 22.3 Å². The van der Waals surface area contributed by atoms with E-state index in [0.29, 0.717) is 18.7 Å². The van der Waals surface area contributed by atoms with Gasteiger partial charge in [0.25, 0.3) is 5.91 Å². The van der Waals surface area contributed by atoms with Gasteiger partial charge in [0, 0.05) is 24.3 Å². The van der Waals surface area contributed by atoms with Crippen LogP contribution in [0.15, 0.2) is 18.2 Å². The summed E-state index contributed by atoms with van der Waals surface area (Å²) in [5.74, 6) is -1.26. The molecule has 0 spiro atoms. The number of hydrogen-bond acceptors (Lipinski definition) is 4. The Hall–Kier alpha value is -2.08. The van der Waals surface area contributed by atoms with Crippen LogP contribution in [0.5, 0.6) is 0 Å². The minimum absolute atomic E-state index is 0.0492. The standard InChI is InChI=1S/C15H18N2O4/c18-14(17-6-7-21-9-13(17)15(19)20)11-3-4-12-10(8-11)2-1-5-16-12/h3-4,8,13,16H,1-2,5-7,9H2,(H,19,20). The van der Waals surface area contributed by atoms with Gasteiger partial charge in [-0.3, -0.25) is 4.79 Å². The average Bonchev–Trinajstić information content (AvgIpc) is 2.53. The lowest BCUT2D eigenvalue weighted by Crippen LogP contribution is -2.52. The Morgan fingerprint density at radius 3 is 3.05 bits per heavy atom. The molecule has 112 valence electrons. The molecule has 0 bridgehead atoms. The molecule has 2 heterocycles. The van der Waals surface area contributed by atoms with E-state index in [2.05, 4.69) is 5.32 Å². The Balaban J connectivity index is 1.85. The topological polar surface area (TPSA) is 78.9 Å². The summed E-state index contributed by atoms with van der Waals surface area (Å²) in [6, 6.07) is 4.63. The third-order valence-electron chi connectivity index (χ3n) is 3.96. The number of aryl methyl sites for hydroxylation is 1. The number of fused-ring (bicyclic) bond motifs is 1. The lowest BCUT2D eigenvalue weighted by atomic mass is 10.00. The van der Waals surface area contributed by atoms with E-state index in [1.165, 1.54) is 4.90 Å². The number of carbonyl (C=O) groups is 2. The van der Waals surface area contributed by atoms with E-state index in [0.717, 1.165) is 30.6 Å². The normalized spacial score (nSPS) is 21.3. The van der Waals surface area contributed by atoms with Crippen LogP contribution in [0, 0.1) is 0 Å². The Bertz CT molecular complexity index is 573. The maximum atomic E-state index is 12.6. The summed E-state index contributed by atoms with van der Waals surface area (Å²) in [4.78, 5) is 25.2. The van der Waals surface area contributed by atoms with Gasteiger partial charge < -0.3 is 20.1 Å². The molecule has 3 rings (SSSR count). The van der Waals surface area contributed by atoms with Crippen molar-refractivity contribution in [2.75, 3.05) is 31.6 Å². The van der Waals surface area contributed by atoms with E-state index in [1.54, 1.807) is 6.07 Å². The van der Waals surface area contributed by atoms with Gasteiger partial charge in [0.15, 0.2) is 6.04 Å². The van der Waals surface area contributed by atoms with Crippen LogP contribution in [0.3, 0.4) is 0 Å². The molecule has 0 aromatic heterocycles. The van der Waals surface area contributed by atoms with Crippen LogP contribution in [-0.4, -0.2) is 54.2 Å². The molecular formula is C15H18N2O4. The van der Waals surface area contributed by atoms with Gasteiger partial charge in [-0.15, -0.1) is 0 Å². The lowest BCUT2D eigenvalue weighted by molar-refractivity contribution is -0.147. The fourth-order valence-corrected chi connectivity index (χ4v) is 2.83. The van der Waals surface area contributed by atoms with Gasteiger partial charge in [0.05, 0.1) is 13.2 Å². The highest BCUT2D eigenvalue weighted by Gasteiger charge is 2.33. The van der Waals surface area contributed by atoms with Gasteiger partial charge in [-0.2, -0.15) is 0 Å². The van der Waals surface area contributed by atoms with Gasteiger partial charge in [-0.1, -0.05) is 0 Å². The first kappa shape index (κ1) is 13.9. The number of anilines is 1. The molecule has 0 aliphatic carbocycles. The molecule has 6 nitrogen and oxygen atoms in total. The Kier molecular flexibility index (Phi) is 3.79. The molecule has 0 radical (unpaired) electrons. The first-order valence-electron chi connectivity index (χ1n) is 7.15. The van der Waals surface area contributed by atoms with E-state index in [4.69, 9.17) is 4.74 Å². The summed E-state index contributed by atoms with van der Waals surface area (Å²) < 4.78 is 5.17. The van der Waals surface area contributed by atoms with Crippen molar-refractivity contribution in [2.45, 2.75) is 18.9 Å². The van der Waals surface area contributed by atoms with Crippen LogP contribution in [-0.2, 0) is 16.0 Å². The van der Waals surface area contributed by atoms with Crippen LogP contribution in [0.25, 0.3) is 0 Å². The molecule has 2 N–H and O–H groups in total. The van der Waals surface area contributed by atoms with Crippen molar-refractivity contribution in [2.24, 2.45) is 0 Å². The van der Waals surface area contributed by atoms with Crippen molar-refractivity contribution < 1.29 is 19.4 Å². The van der Waals surface area contributed by atoms with Crippen LogP contribution in [0.4, 0.5) is 5.69 Å². The first-order valence-corrected chi connectivity index (χ1v) is 7.15. The van der Waals surface area contributed by atoms with Gasteiger partial charge in [-0.25, -0.2) is 4.79 Å². The Morgan fingerprint density at radius 1 is 1.38 bits per heavy atom. The lowest BCUT2D eigenvalue weighted by Gasteiger charge is -2.33. The van der Waals surface area contributed by atoms with Crippen molar-refractivity contribution in [1.29, 1.82) is 0 Å². The highest BCUT2D eigenvalue weighted by Crippen LogP contribution is 2.24. The van der Waals surface area contributed by atoms with Crippen LogP contribution >= 0.6 is 0 Å². The fraction of sp³-hybridized carbons (Fsp3) is 0.467. The van der Waals surface area contributed by atoms with Crippen molar-refractivity contribution in [3.8, 4) is 0 Å². The van der Waals surface area contributed by atoms with E-state index >= 15 is 0 Å². The number of carboxylic acid groups (broad SMARTS) is 1. The molecule has 1 amide bonds. The van der Waals surface area contributed by atoms with Gasteiger partial charge in [0.2, 0.25) is 0 Å². The second kappa shape index (κ2) is 5.73. The van der Waals surface area contributed by atoms with E-state index in [9.17, 15) is 14.7 Å².